The van der Waals surface area contributed by atoms with Crippen LogP contribution < -0.4 is 5.32 Å². The van der Waals surface area contributed by atoms with Crippen LogP contribution >= 0.6 is 0 Å². The van der Waals surface area contributed by atoms with Crippen molar-refractivity contribution in [3.05, 3.63) is 0 Å². The summed E-state index contributed by atoms with van der Waals surface area (Å²) in [5.74, 6) is 0.279. The monoisotopic (exact) mass is 311 g/mol. The molecule has 1 aliphatic heterocycles. The predicted octanol–water partition coefficient (Wildman–Crippen LogP) is 1.73. The molecule has 1 saturated heterocycles. The molecule has 0 aromatic carbocycles. The fourth-order valence-electron chi connectivity index (χ4n) is 2.42. The molecule has 0 aromatic rings. The number of nitrogens with zero attached hydrogens (tertiary/aromatic N) is 2. The minimum absolute atomic E-state index is 0.0832. The minimum atomic E-state index is -0.327. The van der Waals surface area contributed by atoms with E-state index in [2.05, 4.69) is 31.0 Å². The number of nitrogens with one attached hydrogen (secondary N) is 1. The van der Waals surface area contributed by atoms with Crippen LogP contribution in [0.5, 0.6) is 0 Å². The second-order valence-electron chi connectivity index (χ2n) is 8.48. The van der Waals surface area contributed by atoms with E-state index in [1.165, 1.54) is 0 Å². The first-order valence-corrected chi connectivity index (χ1v) is 8.27. The Bertz CT molecular complexity index is 386. The summed E-state index contributed by atoms with van der Waals surface area (Å²) in [5, 5.41) is 2.98. The van der Waals surface area contributed by atoms with Gasteiger partial charge >= 0.3 is 0 Å². The molecule has 22 heavy (non-hydrogen) atoms. The highest BCUT2D eigenvalue weighted by Crippen LogP contribution is 2.19. The van der Waals surface area contributed by atoms with Crippen LogP contribution in [0.25, 0.3) is 0 Å². The summed E-state index contributed by atoms with van der Waals surface area (Å²) in [6.07, 6.45) is 0.979. The molecule has 128 valence electrons. The van der Waals surface area contributed by atoms with Crippen LogP contribution in [0.1, 0.15) is 48.0 Å². The van der Waals surface area contributed by atoms with Gasteiger partial charge in [0.15, 0.2) is 0 Å². The third-order valence-electron chi connectivity index (χ3n) is 3.87. The van der Waals surface area contributed by atoms with Gasteiger partial charge in [-0.2, -0.15) is 0 Å². The molecule has 0 unspecified atom stereocenters. The van der Waals surface area contributed by atoms with Crippen molar-refractivity contribution in [2.24, 2.45) is 10.8 Å². The van der Waals surface area contributed by atoms with Crippen molar-refractivity contribution >= 4 is 11.8 Å². The van der Waals surface area contributed by atoms with Crippen LogP contribution in [-0.4, -0.2) is 60.9 Å². The van der Waals surface area contributed by atoms with Crippen LogP contribution in [0.3, 0.4) is 0 Å². The van der Waals surface area contributed by atoms with Gasteiger partial charge in [-0.05, 0) is 11.8 Å². The standard InChI is InChI=1S/C17H33N3O2/c1-16(2,3)7-8-18-14(21)13-19-9-11-20(12-10-19)15(22)17(4,5)6/h7-13H2,1-6H3,(H,18,21). The van der Waals surface area contributed by atoms with Crippen LogP contribution in [0, 0.1) is 10.8 Å². The first-order valence-electron chi connectivity index (χ1n) is 8.27. The summed E-state index contributed by atoms with van der Waals surface area (Å²) in [6.45, 7) is 16.5. The van der Waals surface area contributed by atoms with Crippen LogP contribution in [0.4, 0.5) is 0 Å². The van der Waals surface area contributed by atoms with Crippen LogP contribution in [-0.2, 0) is 9.59 Å². The summed E-state index contributed by atoms with van der Waals surface area (Å²) >= 11 is 0. The first kappa shape index (κ1) is 18.9. The Balaban J connectivity index is 2.28. The van der Waals surface area contributed by atoms with Gasteiger partial charge in [0.05, 0.1) is 6.54 Å². The van der Waals surface area contributed by atoms with E-state index in [4.69, 9.17) is 0 Å². The van der Waals surface area contributed by atoms with E-state index >= 15 is 0 Å². The number of carbonyl (C=O) groups excluding carboxylic acids is 2. The molecule has 0 saturated carbocycles. The normalized spacial score (nSPS) is 17.5. The Morgan fingerprint density at radius 3 is 1.95 bits per heavy atom. The van der Waals surface area contributed by atoms with Crippen LogP contribution in [0.15, 0.2) is 0 Å². The van der Waals surface area contributed by atoms with Crippen molar-refractivity contribution in [3.63, 3.8) is 0 Å². The molecule has 0 radical (unpaired) electrons. The molecule has 1 fully saturated rings. The van der Waals surface area contributed by atoms with Crippen molar-refractivity contribution in [1.82, 2.24) is 15.1 Å². The Morgan fingerprint density at radius 2 is 1.50 bits per heavy atom. The van der Waals surface area contributed by atoms with Crippen molar-refractivity contribution in [2.45, 2.75) is 48.0 Å². The molecule has 0 aliphatic carbocycles. The molecule has 5 nitrogen and oxygen atoms in total. The number of hydrogen-bond donors (Lipinski definition) is 1. The van der Waals surface area contributed by atoms with E-state index in [9.17, 15) is 9.59 Å². The summed E-state index contributed by atoms with van der Waals surface area (Å²) in [4.78, 5) is 28.2. The predicted molar refractivity (Wildman–Crippen MR) is 89.6 cm³/mol. The third-order valence-corrected chi connectivity index (χ3v) is 3.87. The lowest BCUT2D eigenvalue weighted by Crippen LogP contribution is -2.53. The lowest BCUT2D eigenvalue weighted by atomic mass is 9.92. The highest BCUT2D eigenvalue weighted by molar-refractivity contribution is 5.81. The Morgan fingerprint density at radius 1 is 0.955 bits per heavy atom. The molecule has 1 rings (SSSR count). The molecule has 5 heteroatoms. The Hall–Kier alpha value is -1.10. The number of amides is 2. The minimum Gasteiger partial charge on any atom is -0.355 e. The number of carbonyl (C=O) groups is 2. The van der Waals surface area contributed by atoms with Gasteiger partial charge in [0.1, 0.15) is 0 Å². The van der Waals surface area contributed by atoms with Crippen LogP contribution in [0.2, 0.25) is 0 Å². The lowest BCUT2D eigenvalue weighted by Gasteiger charge is -2.37. The molecule has 0 atom stereocenters. The first-order chi connectivity index (χ1) is 9.99. The highest BCUT2D eigenvalue weighted by Gasteiger charge is 2.29. The molecular formula is C17H33N3O2. The molecule has 1 aliphatic rings. The maximum absolute atomic E-state index is 12.2. The third kappa shape index (κ3) is 6.77. The molecule has 0 bridgehead atoms. The Labute approximate surface area is 135 Å². The topological polar surface area (TPSA) is 52.7 Å². The highest BCUT2D eigenvalue weighted by atomic mass is 16.2. The van der Waals surface area contributed by atoms with Gasteiger partial charge < -0.3 is 10.2 Å². The van der Waals surface area contributed by atoms with Gasteiger partial charge in [-0.1, -0.05) is 41.5 Å². The second kappa shape index (κ2) is 7.44. The smallest absolute Gasteiger partial charge is 0.234 e. The Kier molecular flexibility index (Phi) is 6.41. The van der Waals surface area contributed by atoms with Gasteiger partial charge in [-0.3, -0.25) is 14.5 Å². The second-order valence-corrected chi connectivity index (χ2v) is 8.48. The number of hydrogen-bond acceptors (Lipinski definition) is 3. The van der Waals surface area contributed by atoms with E-state index < -0.39 is 0 Å². The number of rotatable bonds is 4. The fourth-order valence-corrected chi connectivity index (χ4v) is 2.42. The maximum Gasteiger partial charge on any atom is 0.234 e. The van der Waals surface area contributed by atoms with Gasteiger partial charge in [-0.25, -0.2) is 0 Å². The fraction of sp³-hybridized carbons (Fsp3) is 0.882. The number of piperazine rings is 1. The average Bonchev–Trinajstić information content (AvgIpc) is 2.36. The summed E-state index contributed by atoms with van der Waals surface area (Å²) in [5.41, 5.74) is -0.0846. The van der Waals surface area contributed by atoms with Gasteiger partial charge in [0.2, 0.25) is 11.8 Å². The zero-order chi connectivity index (χ0) is 17.0. The lowest BCUT2D eigenvalue weighted by molar-refractivity contribution is -0.141. The largest absolute Gasteiger partial charge is 0.355 e. The van der Waals surface area contributed by atoms with Crippen molar-refractivity contribution in [2.75, 3.05) is 39.3 Å². The zero-order valence-corrected chi connectivity index (χ0v) is 15.2. The van der Waals surface area contributed by atoms with Gasteiger partial charge in [0.25, 0.3) is 0 Å². The van der Waals surface area contributed by atoms with E-state index in [-0.39, 0.29) is 22.6 Å². The average molecular weight is 311 g/mol. The zero-order valence-electron chi connectivity index (χ0n) is 15.2. The van der Waals surface area contributed by atoms with Gasteiger partial charge in [0, 0.05) is 38.1 Å². The quantitative estimate of drug-likeness (QED) is 0.860. The van der Waals surface area contributed by atoms with Gasteiger partial charge in [-0.15, -0.1) is 0 Å². The summed E-state index contributed by atoms with van der Waals surface area (Å²) < 4.78 is 0. The molecule has 1 N–H and O–H groups in total. The maximum atomic E-state index is 12.2. The van der Waals surface area contributed by atoms with Crippen molar-refractivity contribution in [3.8, 4) is 0 Å². The summed E-state index contributed by atoms with van der Waals surface area (Å²) in [6, 6.07) is 0. The summed E-state index contributed by atoms with van der Waals surface area (Å²) in [7, 11) is 0. The molecular weight excluding hydrogens is 278 g/mol. The van der Waals surface area contributed by atoms with Crippen molar-refractivity contribution in [1.29, 1.82) is 0 Å². The van der Waals surface area contributed by atoms with Crippen molar-refractivity contribution < 1.29 is 9.59 Å². The molecule has 0 spiro atoms. The van der Waals surface area contributed by atoms with E-state index in [0.29, 0.717) is 19.6 Å². The molecule has 0 aromatic heterocycles. The molecule has 2 amide bonds. The SMILES string of the molecule is CC(C)(C)CCNC(=O)CN1CCN(C(=O)C(C)(C)C)CC1. The van der Waals surface area contributed by atoms with E-state index in [1.54, 1.807) is 0 Å². The van der Waals surface area contributed by atoms with E-state index in [0.717, 1.165) is 26.1 Å². The van der Waals surface area contributed by atoms with E-state index in [1.807, 2.05) is 25.7 Å². The molecule has 1 heterocycles.